The number of ether oxygens (including phenoxy) is 2. The molecule has 0 atom stereocenters. The molecule has 0 spiro atoms. The highest BCUT2D eigenvalue weighted by Gasteiger charge is 2.12. The van der Waals surface area contributed by atoms with Crippen LogP contribution in [0.3, 0.4) is 0 Å². The summed E-state index contributed by atoms with van der Waals surface area (Å²) in [6, 6.07) is 0. The molecular weight excluding hydrogens is 174 g/mol. The van der Waals surface area contributed by atoms with Gasteiger partial charge < -0.3 is 19.8 Å². The fourth-order valence-corrected chi connectivity index (χ4v) is 0.788. The van der Waals surface area contributed by atoms with E-state index in [1.807, 2.05) is 0 Å². The third-order valence-electron chi connectivity index (χ3n) is 1.35. The molecule has 0 saturated heterocycles. The first kappa shape index (κ1) is 9.37. The van der Waals surface area contributed by atoms with E-state index in [2.05, 4.69) is 9.72 Å². The van der Waals surface area contributed by atoms with Gasteiger partial charge in [-0.05, 0) is 6.92 Å². The SMILES string of the molecule is CCOC(=O)Oc1c(N)ncn1C. The predicted octanol–water partition coefficient (Wildman–Crippen LogP) is 0.538. The highest BCUT2D eigenvalue weighted by molar-refractivity contribution is 5.65. The summed E-state index contributed by atoms with van der Waals surface area (Å²) in [4.78, 5) is 14.6. The van der Waals surface area contributed by atoms with Crippen LogP contribution >= 0.6 is 0 Å². The Morgan fingerprint density at radius 1 is 1.77 bits per heavy atom. The minimum atomic E-state index is -0.780. The number of carbonyl (C=O) groups is 1. The minimum Gasteiger partial charge on any atom is -0.434 e. The molecule has 0 amide bonds. The van der Waals surface area contributed by atoms with E-state index in [1.165, 1.54) is 10.9 Å². The second kappa shape index (κ2) is 3.79. The van der Waals surface area contributed by atoms with Gasteiger partial charge in [-0.15, -0.1) is 0 Å². The van der Waals surface area contributed by atoms with Crippen LogP contribution in [0.2, 0.25) is 0 Å². The van der Waals surface area contributed by atoms with E-state index in [0.717, 1.165) is 0 Å². The van der Waals surface area contributed by atoms with Crippen molar-refractivity contribution in [3.8, 4) is 5.88 Å². The molecule has 6 heteroatoms. The van der Waals surface area contributed by atoms with Gasteiger partial charge in [-0.2, -0.15) is 0 Å². The summed E-state index contributed by atoms with van der Waals surface area (Å²) in [5.41, 5.74) is 5.42. The van der Waals surface area contributed by atoms with Crippen molar-refractivity contribution in [3.05, 3.63) is 6.33 Å². The number of anilines is 1. The van der Waals surface area contributed by atoms with Gasteiger partial charge in [0, 0.05) is 7.05 Å². The van der Waals surface area contributed by atoms with Crippen molar-refractivity contribution in [1.82, 2.24) is 9.55 Å². The van der Waals surface area contributed by atoms with Gasteiger partial charge in [0.15, 0.2) is 5.82 Å². The van der Waals surface area contributed by atoms with Crippen molar-refractivity contribution in [1.29, 1.82) is 0 Å². The van der Waals surface area contributed by atoms with Gasteiger partial charge in [-0.3, -0.25) is 0 Å². The smallest absolute Gasteiger partial charge is 0.434 e. The molecule has 2 N–H and O–H groups in total. The summed E-state index contributed by atoms with van der Waals surface area (Å²) >= 11 is 0. The van der Waals surface area contributed by atoms with Crippen LogP contribution in [0.4, 0.5) is 10.6 Å². The average molecular weight is 185 g/mol. The standard InChI is InChI=1S/C7H11N3O3/c1-3-12-7(11)13-6-5(8)9-4-10(6)2/h4H,3,8H2,1-2H3. The van der Waals surface area contributed by atoms with Crippen LogP contribution in [0.1, 0.15) is 6.92 Å². The third kappa shape index (κ3) is 2.11. The summed E-state index contributed by atoms with van der Waals surface area (Å²) in [5, 5.41) is 0. The largest absolute Gasteiger partial charge is 0.515 e. The van der Waals surface area contributed by atoms with Gasteiger partial charge >= 0.3 is 6.16 Å². The second-order valence-electron chi connectivity index (χ2n) is 2.33. The van der Waals surface area contributed by atoms with E-state index in [4.69, 9.17) is 10.5 Å². The van der Waals surface area contributed by atoms with Crippen LogP contribution in [-0.4, -0.2) is 22.3 Å². The van der Waals surface area contributed by atoms with Crippen LogP contribution in [-0.2, 0) is 11.8 Å². The first-order valence-electron chi connectivity index (χ1n) is 3.76. The zero-order valence-electron chi connectivity index (χ0n) is 7.48. The van der Waals surface area contributed by atoms with E-state index < -0.39 is 6.16 Å². The molecule has 1 heterocycles. The van der Waals surface area contributed by atoms with Gasteiger partial charge in [0.1, 0.15) is 0 Å². The fourth-order valence-electron chi connectivity index (χ4n) is 0.788. The minimum absolute atomic E-state index is 0.163. The number of aromatic nitrogens is 2. The Balaban J connectivity index is 2.68. The van der Waals surface area contributed by atoms with Crippen LogP contribution in [0, 0.1) is 0 Å². The van der Waals surface area contributed by atoms with E-state index in [0.29, 0.717) is 0 Å². The van der Waals surface area contributed by atoms with Crippen molar-refractivity contribution >= 4 is 12.0 Å². The molecule has 0 saturated carbocycles. The summed E-state index contributed by atoms with van der Waals surface area (Å²) in [6.07, 6.45) is 0.668. The lowest BCUT2D eigenvalue weighted by Gasteiger charge is -2.04. The lowest BCUT2D eigenvalue weighted by Crippen LogP contribution is -2.12. The number of imidazole rings is 1. The zero-order chi connectivity index (χ0) is 9.84. The van der Waals surface area contributed by atoms with Gasteiger partial charge in [0.2, 0.25) is 0 Å². The highest BCUT2D eigenvalue weighted by atomic mass is 16.7. The van der Waals surface area contributed by atoms with E-state index >= 15 is 0 Å². The lowest BCUT2D eigenvalue weighted by molar-refractivity contribution is 0.102. The van der Waals surface area contributed by atoms with Crippen LogP contribution in [0.15, 0.2) is 6.33 Å². The first-order valence-corrected chi connectivity index (χ1v) is 3.76. The summed E-state index contributed by atoms with van der Waals surface area (Å²) in [7, 11) is 1.66. The molecule has 0 aliphatic heterocycles. The number of nitrogens with zero attached hydrogens (tertiary/aromatic N) is 2. The fraction of sp³-hybridized carbons (Fsp3) is 0.429. The molecule has 1 aromatic rings. The Hall–Kier alpha value is -1.72. The Morgan fingerprint density at radius 2 is 2.46 bits per heavy atom. The molecule has 13 heavy (non-hydrogen) atoms. The maximum atomic E-state index is 10.9. The lowest BCUT2D eigenvalue weighted by atomic mass is 10.7. The highest BCUT2D eigenvalue weighted by Crippen LogP contribution is 2.17. The first-order chi connectivity index (χ1) is 6.15. The molecule has 0 radical (unpaired) electrons. The maximum Gasteiger partial charge on any atom is 0.515 e. The molecule has 0 unspecified atom stereocenters. The van der Waals surface area contributed by atoms with E-state index in [-0.39, 0.29) is 18.3 Å². The molecule has 0 aliphatic carbocycles. The molecule has 0 fully saturated rings. The number of rotatable bonds is 2. The number of hydrogen-bond donors (Lipinski definition) is 1. The summed E-state index contributed by atoms with van der Waals surface area (Å²) in [6.45, 7) is 1.95. The van der Waals surface area contributed by atoms with Crippen molar-refractivity contribution in [2.24, 2.45) is 7.05 Å². The molecule has 72 valence electrons. The second-order valence-corrected chi connectivity index (χ2v) is 2.33. The Labute approximate surface area is 75.3 Å². The number of nitrogens with two attached hydrogens (primary N) is 1. The number of nitrogen functional groups attached to an aromatic ring is 1. The van der Waals surface area contributed by atoms with E-state index in [1.54, 1.807) is 14.0 Å². The van der Waals surface area contributed by atoms with Gasteiger partial charge in [0.05, 0.1) is 12.9 Å². The van der Waals surface area contributed by atoms with E-state index in [9.17, 15) is 4.79 Å². The molecular formula is C7H11N3O3. The normalized spacial score (nSPS) is 9.69. The molecule has 6 nitrogen and oxygen atoms in total. The van der Waals surface area contributed by atoms with Crippen molar-refractivity contribution in [2.45, 2.75) is 6.92 Å². The molecule has 1 aromatic heterocycles. The quantitative estimate of drug-likeness (QED) is 0.680. The van der Waals surface area contributed by atoms with Crippen molar-refractivity contribution < 1.29 is 14.3 Å². The summed E-state index contributed by atoms with van der Waals surface area (Å²) < 4.78 is 10.8. The van der Waals surface area contributed by atoms with Gasteiger partial charge in [-0.25, -0.2) is 9.78 Å². The monoisotopic (exact) mass is 185 g/mol. The van der Waals surface area contributed by atoms with Crippen molar-refractivity contribution in [2.75, 3.05) is 12.3 Å². The van der Waals surface area contributed by atoms with Crippen LogP contribution in [0.25, 0.3) is 0 Å². The third-order valence-corrected chi connectivity index (χ3v) is 1.35. The van der Waals surface area contributed by atoms with Crippen LogP contribution < -0.4 is 10.5 Å². The topological polar surface area (TPSA) is 79.4 Å². The van der Waals surface area contributed by atoms with Gasteiger partial charge in [-0.1, -0.05) is 0 Å². The maximum absolute atomic E-state index is 10.9. The number of hydrogen-bond acceptors (Lipinski definition) is 5. The molecule has 1 rings (SSSR count). The van der Waals surface area contributed by atoms with Crippen LogP contribution in [0.5, 0.6) is 5.88 Å². The molecule has 0 aromatic carbocycles. The predicted molar refractivity (Wildman–Crippen MR) is 45.3 cm³/mol. The number of aryl methyl sites for hydroxylation is 1. The Kier molecular flexibility index (Phi) is 2.73. The Bertz CT molecular complexity index is 288. The number of carbonyl (C=O) groups excluding carboxylic acids is 1. The van der Waals surface area contributed by atoms with Gasteiger partial charge in [0.25, 0.3) is 5.88 Å². The summed E-state index contributed by atoms with van der Waals surface area (Å²) in [5.74, 6) is 0.356. The zero-order valence-corrected chi connectivity index (χ0v) is 7.48. The van der Waals surface area contributed by atoms with Crippen molar-refractivity contribution in [3.63, 3.8) is 0 Å². The molecule has 0 bridgehead atoms. The Morgan fingerprint density at radius 3 is 2.92 bits per heavy atom. The average Bonchev–Trinajstić information content (AvgIpc) is 2.36. The molecule has 0 aliphatic rings.